The molecule has 0 bridgehead atoms. The van der Waals surface area contributed by atoms with Gasteiger partial charge in [0, 0.05) is 39.9 Å². The SMILES string of the molecule is C=C1CCCCCOc2c1ccc1c3cnccc3n(-c3nc(-c4ccccc4)nc(-c4ccccc4)n3)c21. The topological polar surface area (TPSA) is 65.7 Å². The Kier molecular flexibility index (Phi) is 5.85. The zero-order valence-corrected chi connectivity index (χ0v) is 21.5. The zero-order valence-electron chi connectivity index (χ0n) is 21.5. The Bertz CT molecular complexity index is 1770. The number of hydrogen-bond acceptors (Lipinski definition) is 5. The van der Waals surface area contributed by atoms with E-state index in [0.29, 0.717) is 24.2 Å². The lowest BCUT2D eigenvalue weighted by molar-refractivity contribution is 0.309. The highest BCUT2D eigenvalue weighted by molar-refractivity contribution is 6.11. The second kappa shape index (κ2) is 9.80. The summed E-state index contributed by atoms with van der Waals surface area (Å²) >= 11 is 0. The van der Waals surface area contributed by atoms with Gasteiger partial charge in [0.15, 0.2) is 17.4 Å². The molecule has 6 heteroatoms. The van der Waals surface area contributed by atoms with Crippen LogP contribution in [0.25, 0.3) is 56.1 Å². The first-order chi connectivity index (χ1) is 19.3. The number of fused-ring (bicyclic) bond motifs is 5. The minimum absolute atomic E-state index is 0.538. The van der Waals surface area contributed by atoms with Gasteiger partial charge in [-0.05, 0) is 37.3 Å². The molecule has 0 aliphatic carbocycles. The highest BCUT2D eigenvalue weighted by Gasteiger charge is 2.23. The van der Waals surface area contributed by atoms with E-state index in [1.54, 1.807) is 0 Å². The van der Waals surface area contributed by atoms with Crippen molar-refractivity contribution in [2.75, 3.05) is 6.61 Å². The second-order valence-corrected chi connectivity index (χ2v) is 9.84. The Hall–Kier alpha value is -4.84. The summed E-state index contributed by atoms with van der Waals surface area (Å²) in [7, 11) is 0. The number of pyridine rings is 1. The van der Waals surface area contributed by atoms with Crippen LogP contribution in [-0.4, -0.2) is 31.1 Å². The second-order valence-electron chi connectivity index (χ2n) is 9.84. The molecule has 3 aromatic heterocycles. The summed E-state index contributed by atoms with van der Waals surface area (Å²) in [5.74, 6) is 2.60. The lowest BCUT2D eigenvalue weighted by atomic mass is 9.99. The predicted octanol–water partition coefficient (Wildman–Crippen LogP) is 7.66. The van der Waals surface area contributed by atoms with E-state index in [1.165, 1.54) is 0 Å². The third-order valence-electron chi connectivity index (χ3n) is 7.32. The first kappa shape index (κ1) is 23.3. The van der Waals surface area contributed by atoms with Crippen LogP contribution in [0, 0.1) is 0 Å². The van der Waals surface area contributed by atoms with E-state index in [4.69, 9.17) is 19.7 Å². The van der Waals surface area contributed by atoms with Crippen molar-refractivity contribution in [3.05, 3.63) is 103 Å². The van der Waals surface area contributed by atoms with Gasteiger partial charge < -0.3 is 4.74 Å². The fourth-order valence-corrected chi connectivity index (χ4v) is 5.38. The number of nitrogens with zero attached hydrogens (tertiary/aromatic N) is 5. The normalized spacial score (nSPS) is 13.9. The number of benzene rings is 3. The average molecular weight is 510 g/mol. The molecule has 0 saturated carbocycles. The molecular formula is C33H27N5O. The summed E-state index contributed by atoms with van der Waals surface area (Å²) in [6.45, 7) is 5.08. The summed E-state index contributed by atoms with van der Waals surface area (Å²) in [5, 5.41) is 2.07. The lowest BCUT2D eigenvalue weighted by Crippen LogP contribution is -2.08. The standard InChI is InChI=1S/C33H27N5O/c1-22-11-5-4-10-20-39-30-25(22)16-17-26-27-21-34-19-18-28(27)38(29(26)30)33-36-31(23-12-6-2-7-13-23)35-32(37-33)24-14-8-3-9-15-24/h2-3,6-9,12-19,21H,1,4-5,10-11,20H2. The third kappa shape index (κ3) is 4.14. The predicted molar refractivity (Wildman–Crippen MR) is 156 cm³/mol. The zero-order chi connectivity index (χ0) is 26.2. The van der Waals surface area contributed by atoms with E-state index in [9.17, 15) is 0 Å². The van der Waals surface area contributed by atoms with Crippen molar-refractivity contribution >= 4 is 27.4 Å². The van der Waals surface area contributed by atoms with E-state index < -0.39 is 0 Å². The molecule has 0 N–H and O–H groups in total. The van der Waals surface area contributed by atoms with Crippen LogP contribution in [-0.2, 0) is 0 Å². The molecule has 0 spiro atoms. The largest absolute Gasteiger partial charge is 0.491 e. The summed E-state index contributed by atoms with van der Waals surface area (Å²) in [6, 6.07) is 26.4. The lowest BCUT2D eigenvalue weighted by Gasteiger charge is -2.16. The molecular weight excluding hydrogens is 482 g/mol. The van der Waals surface area contributed by atoms with Crippen molar-refractivity contribution in [3.63, 3.8) is 0 Å². The van der Waals surface area contributed by atoms with Crippen molar-refractivity contribution in [1.82, 2.24) is 24.5 Å². The van der Waals surface area contributed by atoms with E-state index in [1.807, 2.05) is 79.1 Å². The van der Waals surface area contributed by atoms with Crippen LogP contribution >= 0.6 is 0 Å². The molecule has 6 aromatic rings. The minimum atomic E-state index is 0.538. The molecule has 0 atom stereocenters. The molecule has 190 valence electrons. The van der Waals surface area contributed by atoms with Crippen molar-refractivity contribution < 1.29 is 4.74 Å². The van der Waals surface area contributed by atoms with E-state index in [2.05, 4.69) is 28.3 Å². The first-order valence-corrected chi connectivity index (χ1v) is 13.4. The monoisotopic (exact) mass is 509 g/mol. The van der Waals surface area contributed by atoms with Gasteiger partial charge in [-0.15, -0.1) is 0 Å². The van der Waals surface area contributed by atoms with Crippen molar-refractivity contribution in [1.29, 1.82) is 0 Å². The van der Waals surface area contributed by atoms with Gasteiger partial charge in [0.05, 0.1) is 17.6 Å². The van der Waals surface area contributed by atoms with Gasteiger partial charge in [0.25, 0.3) is 0 Å². The quantitative estimate of drug-likeness (QED) is 0.245. The molecule has 0 fully saturated rings. The van der Waals surface area contributed by atoms with Crippen molar-refractivity contribution in [2.24, 2.45) is 0 Å². The molecule has 0 saturated heterocycles. The van der Waals surface area contributed by atoms with Crippen molar-refractivity contribution in [2.45, 2.75) is 25.7 Å². The number of rotatable bonds is 3. The Morgan fingerprint density at radius 1 is 0.718 bits per heavy atom. The summed E-state index contributed by atoms with van der Waals surface area (Å²) in [5.41, 5.74) is 5.89. The van der Waals surface area contributed by atoms with E-state index in [0.717, 1.165) is 75.5 Å². The van der Waals surface area contributed by atoms with Gasteiger partial charge in [0.2, 0.25) is 5.95 Å². The maximum atomic E-state index is 6.54. The molecule has 0 unspecified atom stereocenters. The van der Waals surface area contributed by atoms with Crippen LogP contribution in [0.15, 0.2) is 97.8 Å². The number of hydrogen-bond donors (Lipinski definition) is 0. The van der Waals surface area contributed by atoms with Crippen LogP contribution < -0.4 is 4.74 Å². The fourth-order valence-electron chi connectivity index (χ4n) is 5.38. The van der Waals surface area contributed by atoms with Crippen LogP contribution in [0.2, 0.25) is 0 Å². The minimum Gasteiger partial charge on any atom is -0.491 e. The van der Waals surface area contributed by atoms with Gasteiger partial charge >= 0.3 is 0 Å². The van der Waals surface area contributed by atoms with Gasteiger partial charge in [-0.25, -0.2) is 4.98 Å². The van der Waals surface area contributed by atoms with Gasteiger partial charge in [-0.1, -0.05) is 79.4 Å². The fraction of sp³-hybridized carbons (Fsp3) is 0.152. The van der Waals surface area contributed by atoms with Gasteiger partial charge in [0.1, 0.15) is 0 Å². The van der Waals surface area contributed by atoms with Crippen LogP contribution in [0.3, 0.4) is 0 Å². The Morgan fingerprint density at radius 3 is 2.15 bits per heavy atom. The Labute approximate surface area is 226 Å². The van der Waals surface area contributed by atoms with Crippen LogP contribution in [0.4, 0.5) is 0 Å². The Balaban J connectivity index is 1.57. The molecule has 39 heavy (non-hydrogen) atoms. The maximum absolute atomic E-state index is 6.54. The Morgan fingerprint density at radius 2 is 1.44 bits per heavy atom. The van der Waals surface area contributed by atoms with Crippen LogP contribution in [0.1, 0.15) is 31.2 Å². The number of ether oxygens (including phenoxy) is 1. The maximum Gasteiger partial charge on any atom is 0.238 e. The van der Waals surface area contributed by atoms with Crippen molar-refractivity contribution in [3.8, 4) is 34.5 Å². The molecule has 1 aliphatic heterocycles. The van der Waals surface area contributed by atoms with Gasteiger partial charge in [-0.3, -0.25) is 9.55 Å². The highest BCUT2D eigenvalue weighted by Crippen LogP contribution is 2.42. The third-order valence-corrected chi connectivity index (χ3v) is 7.32. The summed E-state index contributed by atoms with van der Waals surface area (Å²) in [4.78, 5) is 19.4. The molecule has 0 amide bonds. The molecule has 4 heterocycles. The molecule has 3 aromatic carbocycles. The molecule has 1 aliphatic rings. The first-order valence-electron chi connectivity index (χ1n) is 13.4. The van der Waals surface area contributed by atoms with E-state index in [-0.39, 0.29) is 0 Å². The average Bonchev–Trinajstić information content (AvgIpc) is 3.37. The smallest absolute Gasteiger partial charge is 0.238 e. The molecule has 0 radical (unpaired) electrons. The number of aromatic nitrogens is 5. The molecule has 6 nitrogen and oxygen atoms in total. The van der Waals surface area contributed by atoms with Crippen LogP contribution in [0.5, 0.6) is 5.75 Å². The molecule has 7 rings (SSSR count). The summed E-state index contributed by atoms with van der Waals surface area (Å²) in [6.07, 6.45) is 7.91. The number of allylic oxidation sites excluding steroid dienone is 1. The summed E-state index contributed by atoms with van der Waals surface area (Å²) < 4.78 is 8.65. The van der Waals surface area contributed by atoms with E-state index >= 15 is 0 Å². The highest BCUT2D eigenvalue weighted by atomic mass is 16.5. The van der Waals surface area contributed by atoms with Gasteiger partial charge in [-0.2, -0.15) is 9.97 Å².